The van der Waals surface area contributed by atoms with Gasteiger partial charge in [-0.3, -0.25) is 4.79 Å². The van der Waals surface area contributed by atoms with Gasteiger partial charge in [-0.05, 0) is 11.5 Å². The first kappa shape index (κ1) is 10.5. The van der Waals surface area contributed by atoms with Crippen molar-refractivity contribution in [1.29, 1.82) is 0 Å². The molecule has 0 bridgehead atoms. The van der Waals surface area contributed by atoms with E-state index in [-0.39, 0.29) is 4.83 Å². The van der Waals surface area contributed by atoms with Gasteiger partial charge < -0.3 is 0 Å². The van der Waals surface area contributed by atoms with E-state index in [9.17, 15) is 4.79 Å². The molecule has 0 aliphatic heterocycles. The fourth-order valence-electron chi connectivity index (χ4n) is 1.23. The lowest BCUT2D eigenvalue weighted by Gasteiger charge is -2.15. The van der Waals surface area contributed by atoms with Crippen LogP contribution in [0.4, 0.5) is 0 Å². The first-order valence-corrected chi connectivity index (χ1v) is 5.26. The maximum atomic E-state index is 10.7. The molecule has 2 heteroatoms. The largest absolute Gasteiger partial charge is 0.298 e. The maximum Gasteiger partial charge on any atom is 0.150 e. The van der Waals surface area contributed by atoms with Gasteiger partial charge in [-0.1, -0.05) is 54.0 Å². The van der Waals surface area contributed by atoms with Crippen LogP contribution in [0.1, 0.15) is 34.6 Å². The van der Waals surface area contributed by atoms with E-state index in [1.165, 1.54) is 0 Å². The van der Waals surface area contributed by atoms with Crippen LogP contribution in [0.15, 0.2) is 24.3 Å². The Balaban J connectivity index is 3.05. The van der Waals surface area contributed by atoms with E-state index < -0.39 is 0 Å². The van der Waals surface area contributed by atoms with Crippen LogP contribution in [0, 0.1) is 5.92 Å². The average molecular weight is 241 g/mol. The van der Waals surface area contributed by atoms with E-state index >= 15 is 0 Å². The smallest absolute Gasteiger partial charge is 0.150 e. The molecule has 0 spiro atoms. The lowest BCUT2D eigenvalue weighted by molar-refractivity contribution is 0.112. The van der Waals surface area contributed by atoms with Crippen LogP contribution in [0.5, 0.6) is 0 Å². The van der Waals surface area contributed by atoms with E-state index in [4.69, 9.17) is 0 Å². The zero-order chi connectivity index (χ0) is 9.84. The Labute approximate surface area is 87.3 Å². The third-order valence-electron chi connectivity index (χ3n) is 2.01. The standard InChI is InChI=1S/C11H13BrO/c1-8(2)11(12)10-6-4-3-5-9(10)7-13/h3-8,11H,1-2H3. The lowest BCUT2D eigenvalue weighted by Crippen LogP contribution is -2.02. The molecule has 1 atom stereocenters. The van der Waals surface area contributed by atoms with Crippen molar-refractivity contribution in [2.24, 2.45) is 5.92 Å². The van der Waals surface area contributed by atoms with E-state index in [2.05, 4.69) is 29.8 Å². The molecule has 0 N–H and O–H groups in total. The molecular weight excluding hydrogens is 228 g/mol. The van der Waals surface area contributed by atoms with Crippen molar-refractivity contribution < 1.29 is 4.79 Å². The molecule has 0 radical (unpaired) electrons. The molecule has 1 unspecified atom stereocenters. The van der Waals surface area contributed by atoms with Crippen LogP contribution in [0.25, 0.3) is 0 Å². The molecule has 0 heterocycles. The van der Waals surface area contributed by atoms with Gasteiger partial charge in [0.05, 0.1) is 0 Å². The summed E-state index contributed by atoms with van der Waals surface area (Å²) in [6, 6.07) is 7.67. The van der Waals surface area contributed by atoms with Crippen LogP contribution in [0.2, 0.25) is 0 Å². The molecule has 70 valence electrons. The Kier molecular flexibility index (Phi) is 3.67. The Morgan fingerprint density at radius 3 is 2.46 bits per heavy atom. The van der Waals surface area contributed by atoms with Crippen molar-refractivity contribution in [3.63, 3.8) is 0 Å². The van der Waals surface area contributed by atoms with Crippen molar-refractivity contribution in [3.8, 4) is 0 Å². The molecule has 0 amide bonds. The van der Waals surface area contributed by atoms with Gasteiger partial charge in [0.25, 0.3) is 0 Å². The molecule has 0 aliphatic carbocycles. The molecule has 0 fully saturated rings. The van der Waals surface area contributed by atoms with Crippen molar-refractivity contribution in [2.75, 3.05) is 0 Å². The molecule has 1 nitrogen and oxygen atoms in total. The molecule has 1 rings (SSSR count). The van der Waals surface area contributed by atoms with E-state index in [0.717, 1.165) is 17.4 Å². The summed E-state index contributed by atoms with van der Waals surface area (Å²) in [5.41, 5.74) is 1.85. The minimum Gasteiger partial charge on any atom is -0.298 e. The van der Waals surface area contributed by atoms with Gasteiger partial charge in [0.2, 0.25) is 0 Å². The fraction of sp³-hybridized carbons (Fsp3) is 0.364. The Morgan fingerprint density at radius 1 is 1.31 bits per heavy atom. The highest BCUT2D eigenvalue weighted by Crippen LogP contribution is 2.31. The predicted molar refractivity (Wildman–Crippen MR) is 58.3 cm³/mol. The molecule has 0 saturated carbocycles. The van der Waals surface area contributed by atoms with Crippen molar-refractivity contribution in [3.05, 3.63) is 35.4 Å². The van der Waals surface area contributed by atoms with Crippen LogP contribution in [0.3, 0.4) is 0 Å². The summed E-state index contributed by atoms with van der Waals surface area (Å²) >= 11 is 3.58. The summed E-state index contributed by atoms with van der Waals surface area (Å²) in [4.78, 5) is 11.0. The fourth-order valence-corrected chi connectivity index (χ4v) is 1.65. The molecule has 13 heavy (non-hydrogen) atoms. The second kappa shape index (κ2) is 4.56. The van der Waals surface area contributed by atoms with Gasteiger partial charge in [-0.25, -0.2) is 0 Å². The molecule has 0 saturated heterocycles. The van der Waals surface area contributed by atoms with Crippen LogP contribution in [-0.4, -0.2) is 6.29 Å². The maximum absolute atomic E-state index is 10.7. The molecule has 1 aromatic carbocycles. The number of carbonyl (C=O) groups is 1. The number of aldehydes is 1. The van der Waals surface area contributed by atoms with Gasteiger partial charge in [0.15, 0.2) is 0 Å². The van der Waals surface area contributed by atoms with E-state index in [1.807, 2.05) is 24.3 Å². The Morgan fingerprint density at radius 2 is 1.92 bits per heavy atom. The quantitative estimate of drug-likeness (QED) is 0.583. The molecule has 0 aromatic heterocycles. The number of alkyl halides is 1. The van der Waals surface area contributed by atoms with Crippen molar-refractivity contribution in [2.45, 2.75) is 18.7 Å². The van der Waals surface area contributed by atoms with Gasteiger partial charge >= 0.3 is 0 Å². The highest BCUT2D eigenvalue weighted by molar-refractivity contribution is 9.09. The number of rotatable bonds is 3. The summed E-state index contributed by atoms with van der Waals surface area (Å²) in [5, 5.41) is 0. The lowest BCUT2D eigenvalue weighted by atomic mass is 9.98. The van der Waals surface area contributed by atoms with Gasteiger partial charge in [0.1, 0.15) is 6.29 Å². The number of benzene rings is 1. The number of hydrogen-bond acceptors (Lipinski definition) is 1. The zero-order valence-electron chi connectivity index (χ0n) is 7.83. The molecule has 0 aliphatic rings. The minimum absolute atomic E-state index is 0.258. The molecular formula is C11H13BrO. The summed E-state index contributed by atoms with van der Waals surface area (Å²) in [6.07, 6.45) is 0.909. The summed E-state index contributed by atoms with van der Waals surface area (Å²) in [6.45, 7) is 4.25. The van der Waals surface area contributed by atoms with Crippen LogP contribution in [-0.2, 0) is 0 Å². The second-order valence-corrected chi connectivity index (χ2v) is 4.38. The van der Waals surface area contributed by atoms with Gasteiger partial charge in [-0.15, -0.1) is 0 Å². The highest BCUT2D eigenvalue weighted by atomic mass is 79.9. The average Bonchev–Trinajstić information content (AvgIpc) is 2.16. The van der Waals surface area contributed by atoms with Crippen molar-refractivity contribution in [1.82, 2.24) is 0 Å². The summed E-state index contributed by atoms with van der Waals surface area (Å²) < 4.78 is 0. The third kappa shape index (κ3) is 2.41. The summed E-state index contributed by atoms with van der Waals surface area (Å²) in [5.74, 6) is 0.487. The Bertz CT molecular complexity index is 294. The highest BCUT2D eigenvalue weighted by Gasteiger charge is 2.14. The first-order valence-electron chi connectivity index (χ1n) is 4.35. The van der Waals surface area contributed by atoms with Gasteiger partial charge in [0, 0.05) is 10.4 Å². The zero-order valence-corrected chi connectivity index (χ0v) is 9.41. The van der Waals surface area contributed by atoms with Gasteiger partial charge in [-0.2, -0.15) is 0 Å². The Hall–Kier alpha value is -0.630. The van der Waals surface area contributed by atoms with Crippen molar-refractivity contribution >= 4 is 22.2 Å². The first-order chi connectivity index (χ1) is 6.16. The minimum atomic E-state index is 0.258. The summed E-state index contributed by atoms with van der Waals surface area (Å²) in [7, 11) is 0. The third-order valence-corrected chi connectivity index (χ3v) is 3.56. The van der Waals surface area contributed by atoms with E-state index in [1.54, 1.807) is 0 Å². The predicted octanol–water partition coefficient (Wildman–Crippen LogP) is 3.59. The monoisotopic (exact) mass is 240 g/mol. The molecule has 1 aromatic rings. The number of hydrogen-bond donors (Lipinski definition) is 0. The SMILES string of the molecule is CC(C)C(Br)c1ccccc1C=O. The second-order valence-electron chi connectivity index (χ2n) is 3.39. The topological polar surface area (TPSA) is 17.1 Å². The number of carbonyl (C=O) groups excluding carboxylic acids is 1. The van der Waals surface area contributed by atoms with Crippen LogP contribution >= 0.6 is 15.9 Å². The normalized spacial score (nSPS) is 12.9. The van der Waals surface area contributed by atoms with E-state index in [0.29, 0.717) is 5.92 Å². The van der Waals surface area contributed by atoms with Crippen LogP contribution < -0.4 is 0 Å². The number of halogens is 1.